The third-order valence-corrected chi connectivity index (χ3v) is 5.02. The van der Waals surface area contributed by atoms with Crippen molar-refractivity contribution in [3.8, 4) is 22.6 Å². The van der Waals surface area contributed by atoms with Crippen LogP contribution in [0.4, 0.5) is 9.70 Å². The van der Waals surface area contributed by atoms with Crippen molar-refractivity contribution in [3.05, 3.63) is 36.5 Å². The van der Waals surface area contributed by atoms with Crippen molar-refractivity contribution < 1.29 is 18.2 Å². The number of amides is 1. The third-order valence-electron chi connectivity index (χ3n) is 4.59. The fourth-order valence-corrected chi connectivity index (χ4v) is 3.44. The molecule has 3 aromatic rings. The molecule has 0 unspecified atom stereocenters. The Kier molecular flexibility index (Phi) is 4.65. The Morgan fingerprint density at radius 1 is 1.22 bits per heavy atom. The Balaban J connectivity index is 1.84. The van der Waals surface area contributed by atoms with E-state index in [4.69, 9.17) is 9.47 Å². The summed E-state index contributed by atoms with van der Waals surface area (Å²) in [4.78, 5) is 16.4. The number of anilines is 1. The van der Waals surface area contributed by atoms with Crippen molar-refractivity contribution in [2.45, 2.75) is 12.8 Å². The number of carbonyl (C=O) groups is 1. The molecule has 0 aliphatic heterocycles. The van der Waals surface area contributed by atoms with E-state index < -0.39 is 0 Å². The molecule has 27 heavy (non-hydrogen) atoms. The van der Waals surface area contributed by atoms with Gasteiger partial charge in [-0.2, -0.15) is 0 Å². The second-order valence-corrected chi connectivity index (χ2v) is 6.84. The molecule has 1 aromatic carbocycles. The maximum absolute atomic E-state index is 13.6. The zero-order valence-corrected chi connectivity index (χ0v) is 15.7. The number of carbonyl (C=O) groups excluding carboxylic acids is 1. The normalized spacial score (nSPS) is 13.6. The highest BCUT2D eigenvalue weighted by Gasteiger charge is 2.30. The first-order valence-electron chi connectivity index (χ1n) is 8.49. The number of hydrogen-bond acceptors (Lipinski definition) is 5. The average Bonchev–Trinajstić information content (AvgIpc) is 3.49. The molecule has 1 saturated carbocycles. The number of ether oxygens (including phenoxy) is 2. The molecule has 0 spiro atoms. The van der Waals surface area contributed by atoms with E-state index in [-0.39, 0.29) is 24.2 Å². The van der Waals surface area contributed by atoms with E-state index in [2.05, 4.69) is 10.3 Å². The molecule has 1 fully saturated rings. The number of benzene rings is 1. The summed E-state index contributed by atoms with van der Waals surface area (Å²) in [6, 6.07) is 9.01. The van der Waals surface area contributed by atoms with Crippen LogP contribution in [0.25, 0.3) is 22.2 Å². The van der Waals surface area contributed by atoms with Gasteiger partial charge in [0.25, 0.3) is 0 Å². The van der Waals surface area contributed by atoms with Crippen molar-refractivity contribution in [2.75, 3.05) is 19.5 Å². The van der Waals surface area contributed by atoms with Gasteiger partial charge < -0.3 is 14.8 Å². The van der Waals surface area contributed by atoms with Crippen molar-refractivity contribution >= 4 is 35.1 Å². The summed E-state index contributed by atoms with van der Waals surface area (Å²) in [7, 11) is 3.15. The second-order valence-electron chi connectivity index (χ2n) is 6.31. The zero-order chi connectivity index (χ0) is 19.0. The van der Waals surface area contributed by atoms with Gasteiger partial charge in [0, 0.05) is 23.1 Å². The smallest absolute Gasteiger partial charge is 0.228 e. The van der Waals surface area contributed by atoms with Gasteiger partial charge in [-0.05, 0) is 37.1 Å². The Hall–Kier alpha value is -2.74. The summed E-state index contributed by atoms with van der Waals surface area (Å²) >= 11 is 0.0468. The molecule has 0 bridgehead atoms. The predicted octanol–water partition coefficient (Wildman–Crippen LogP) is 4.45. The number of hydrogen-bond donors (Lipinski definition) is 1. The highest BCUT2D eigenvalue weighted by molar-refractivity contribution is 7.92. The van der Waals surface area contributed by atoms with Crippen molar-refractivity contribution in [2.24, 2.45) is 5.92 Å². The molecular formula is C19H18FN3O3S. The minimum atomic E-state index is -0.0421. The lowest BCUT2D eigenvalue weighted by Crippen LogP contribution is -2.14. The summed E-state index contributed by atoms with van der Waals surface area (Å²) in [5.41, 5.74) is 1.87. The highest BCUT2D eigenvalue weighted by atomic mass is 32.2. The topological polar surface area (TPSA) is 65.4 Å². The fourth-order valence-electron chi connectivity index (χ4n) is 3.09. The lowest BCUT2D eigenvalue weighted by molar-refractivity contribution is -0.117. The number of nitrogens with one attached hydrogen (secondary N) is 1. The van der Waals surface area contributed by atoms with Gasteiger partial charge >= 0.3 is 0 Å². The minimum Gasteiger partial charge on any atom is -0.496 e. The second kappa shape index (κ2) is 7.11. The van der Waals surface area contributed by atoms with Gasteiger partial charge in [0.1, 0.15) is 17.3 Å². The van der Waals surface area contributed by atoms with Gasteiger partial charge in [-0.15, -0.1) is 3.89 Å². The first-order chi connectivity index (χ1) is 13.2. The molecule has 0 atom stereocenters. The quantitative estimate of drug-likeness (QED) is 0.677. The number of halogens is 1. The SMILES string of the molecule is COc1cccc(OC)c1-c1cn(SF)c2nc(NC(=O)C3CC3)ccc12. The lowest BCUT2D eigenvalue weighted by atomic mass is 10.0. The molecule has 6 nitrogen and oxygen atoms in total. The van der Waals surface area contributed by atoms with Crippen LogP contribution in [0.3, 0.4) is 0 Å². The molecule has 0 saturated heterocycles. The Bertz CT molecular complexity index is 995. The van der Waals surface area contributed by atoms with Gasteiger partial charge in [-0.25, -0.2) is 8.96 Å². The standard InChI is InChI=1S/C19H18FN3O3S/c1-25-14-4-3-5-15(26-2)17(14)13-10-23(27-20)18-12(13)8-9-16(21-18)22-19(24)11-6-7-11/h3-5,8-11H,6-7H2,1-2H3,(H,21,22,24). The van der Waals surface area contributed by atoms with E-state index in [1.807, 2.05) is 24.3 Å². The maximum Gasteiger partial charge on any atom is 0.228 e. The van der Waals surface area contributed by atoms with Crippen LogP contribution in [-0.2, 0) is 4.79 Å². The molecule has 2 heterocycles. The summed E-state index contributed by atoms with van der Waals surface area (Å²) in [5.74, 6) is 1.66. The molecule has 0 radical (unpaired) electrons. The van der Waals surface area contributed by atoms with E-state index >= 15 is 0 Å². The third kappa shape index (κ3) is 3.21. The molecular weight excluding hydrogens is 369 g/mol. The Morgan fingerprint density at radius 3 is 2.52 bits per heavy atom. The number of fused-ring (bicyclic) bond motifs is 1. The van der Waals surface area contributed by atoms with Gasteiger partial charge in [-0.3, -0.25) is 4.79 Å². The molecule has 8 heteroatoms. The maximum atomic E-state index is 13.6. The number of nitrogens with zero attached hydrogens (tertiary/aromatic N) is 2. The van der Waals surface area contributed by atoms with Crippen molar-refractivity contribution in [1.82, 2.24) is 8.96 Å². The molecule has 1 aliphatic rings. The van der Waals surface area contributed by atoms with E-state index in [0.29, 0.717) is 23.0 Å². The number of rotatable bonds is 6. The van der Waals surface area contributed by atoms with Gasteiger partial charge in [0.05, 0.1) is 19.8 Å². The van der Waals surface area contributed by atoms with Crippen LogP contribution in [0.15, 0.2) is 36.5 Å². The monoisotopic (exact) mass is 387 g/mol. The molecule has 1 N–H and O–H groups in total. The lowest BCUT2D eigenvalue weighted by Gasteiger charge is -2.12. The van der Waals surface area contributed by atoms with E-state index in [9.17, 15) is 8.68 Å². The first-order valence-corrected chi connectivity index (χ1v) is 9.17. The van der Waals surface area contributed by atoms with Crippen LogP contribution in [0.1, 0.15) is 12.8 Å². The van der Waals surface area contributed by atoms with Crippen LogP contribution in [0.2, 0.25) is 0 Å². The predicted molar refractivity (Wildman–Crippen MR) is 104 cm³/mol. The number of methoxy groups -OCH3 is 2. The van der Waals surface area contributed by atoms with Gasteiger partial charge in [-0.1, -0.05) is 6.07 Å². The summed E-state index contributed by atoms with van der Waals surface area (Å²) < 4.78 is 25.8. The largest absolute Gasteiger partial charge is 0.496 e. The van der Waals surface area contributed by atoms with E-state index in [0.717, 1.165) is 29.4 Å². The van der Waals surface area contributed by atoms with Gasteiger partial charge in [0.15, 0.2) is 18.0 Å². The van der Waals surface area contributed by atoms with E-state index in [1.54, 1.807) is 26.5 Å². The van der Waals surface area contributed by atoms with Gasteiger partial charge in [0.2, 0.25) is 5.91 Å². The van der Waals surface area contributed by atoms with Crippen molar-refractivity contribution in [1.29, 1.82) is 0 Å². The summed E-state index contributed by atoms with van der Waals surface area (Å²) in [6.07, 6.45) is 3.46. The molecule has 140 valence electrons. The summed E-state index contributed by atoms with van der Waals surface area (Å²) in [5, 5.41) is 3.53. The molecule has 2 aromatic heterocycles. The zero-order valence-electron chi connectivity index (χ0n) is 14.9. The highest BCUT2D eigenvalue weighted by Crippen LogP contribution is 2.43. The van der Waals surface area contributed by atoms with Crippen molar-refractivity contribution in [3.63, 3.8) is 0 Å². The van der Waals surface area contributed by atoms with Crippen LogP contribution >= 0.6 is 12.3 Å². The number of pyridine rings is 1. The summed E-state index contributed by atoms with van der Waals surface area (Å²) in [6.45, 7) is 0. The average molecular weight is 387 g/mol. The van der Waals surface area contributed by atoms with Crippen LogP contribution < -0.4 is 14.8 Å². The molecule has 1 amide bonds. The van der Waals surface area contributed by atoms with Crippen LogP contribution in [0.5, 0.6) is 11.5 Å². The molecule has 1 aliphatic carbocycles. The fraction of sp³-hybridized carbons (Fsp3) is 0.263. The Morgan fingerprint density at radius 2 is 1.93 bits per heavy atom. The minimum absolute atomic E-state index is 0.0421. The molecule has 4 rings (SSSR count). The number of aromatic nitrogens is 2. The van der Waals surface area contributed by atoms with Crippen LogP contribution in [-0.4, -0.2) is 29.1 Å². The van der Waals surface area contributed by atoms with E-state index in [1.165, 1.54) is 3.97 Å². The Labute approximate surface area is 160 Å². The first kappa shape index (κ1) is 17.7. The van der Waals surface area contributed by atoms with Crippen LogP contribution in [0, 0.1) is 5.92 Å².